The largest absolute Gasteiger partial charge is 0.317 e. The Morgan fingerprint density at radius 1 is 1.16 bits per heavy atom. The van der Waals surface area contributed by atoms with Crippen LogP contribution < -0.4 is 10.3 Å². The number of fused-ring (bicyclic) bond motifs is 2. The zero-order valence-electron chi connectivity index (χ0n) is 10.1. The summed E-state index contributed by atoms with van der Waals surface area (Å²) in [4.78, 5) is 1.59. The van der Waals surface area contributed by atoms with Gasteiger partial charge in [-0.25, -0.2) is 5.01 Å². The van der Waals surface area contributed by atoms with Gasteiger partial charge >= 0.3 is 0 Å². The van der Waals surface area contributed by atoms with Crippen molar-refractivity contribution in [1.29, 1.82) is 0 Å². The SMILES string of the molecule is Cn1cc2c(n1)N(c1ccccc1)n1nnnc1N2. The summed E-state index contributed by atoms with van der Waals surface area (Å²) < 4.78 is 1.74. The average molecular weight is 254 g/mol. The van der Waals surface area contributed by atoms with Crippen LogP contribution in [0.15, 0.2) is 36.5 Å². The van der Waals surface area contributed by atoms with Crippen molar-refractivity contribution in [2.45, 2.75) is 0 Å². The summed E-state index contributed by atoms with van der Waals surface area (Å²) in [5.74, 6) is 1.32. The van der Waals surface area contributed by atoms with Crippen LogP contribution in [0, 0.1) is 0 Å². The van der Waals surface area contributed by atoms with Crippen LogP contribution in [0.4, 0.5) is 23.1 Å². The minimum atomic E-state index is 0.560. The highest BCUT2D eigenvalue weighted by molar-refractivity contribution is 5.78. The number of para-hydroxylation sites is 1. The summed E-state index contributed by atoms with van der Waals surface area (Å²) in [5, 5.41) is 21.1. The van der Waals surface area contributed by atoms with Gasteiger partial charge in [0.15, 0.2) is 5.82 Å². The number of hydrogen-bond donors (Lipinski definition) is 1. The Bertz CT molecular complexity index is 728. The molecule has 0 unspecified atom stereocenters. The third-order valence-corrected chi connectivity index (χ3v) is 2.90. The molecule has 8 nitrogen and oxygen atoms in total. The second kappa shape index (κ2) is 3.55. The van der Waals surface area contributed by atoms with Crippen LogP contribution in [0.3, 0.4) is 0 Å². The van der Waals surface area contributed by atoms with E-state index in [2.05, 4.69) is 25.9 Å². The van der Waals surface area contributed by atoms with Gasteiger partial charge in [0.1, 0.15) is 5.69 Å². The van der Waals surface area contributed by atoms with Gasteiger partial charge in [-0.05, 0) is 22.6 Å². The van der Waals surface area contributed by atoms with E-state index in [0.717, 1.165) is 17.2 Å². The van der Waals surface area contributed by atoms with Gasteiger partial charge < -0.3 is 5.32 Å². The van der Waals surface area contributed by atoms with E-state index in [1.807, 2.05) is 48.6 Å². The first-order valence-corrected chi connectivity index (χ1v) is 5.77. The van der Waals surface area contributed by atoms with Gasteiger partial charge in [-0.15, -0.1) is 4.79 Å². The van der Waals surface area contributed by atoms with Gasteiger partial charge in [0, 0.05) is 7.05 Å². The molecule has 1 aliphatic heterocycles. The van der Waals surface area contributed by atoms with Crippen molar-refractivity contribution in [3.8, 4) is 0 Å². The highest BCUT2D eigenvalue weighted by Crippen LogP contribution is 2.36. The Labute approximate surface area is 108 Å². The summed E-state index contributed by atoms with van der Waals surface area (Å²) >= 11 is 0. The lowest BCUT2D eigenvalue weighted by molar-refractivity contribution is 0.646. The number of benzene rings is 1. The number of anilines is 4. The quantitative estimate of drug-likeness (QED) is 0.547. The third kappa shape index (κ3) is 1.39. The van der Waals surface area contributed by atoms with Gasteiger partial charge in [-0.3, -0.25) is 4.68 Å². The van der Waals surface area contributed by atoms with Crippen LogP contribution in [0.5, 0.6) is 0 Å². The molecule has 0 bridgehead atoms. The molecule has 0 amide bonds. The van der Waals surface area contributed by atoms with E-state index in [4.69, 9.17) is 0 Å². The van der Waals surface area contributed by atoms with Crippen LogP contribution in [0.25, 0.3) is 0 Å². The van der Waals surface area contributed by atoms with Gasteiger partial charge in [0.05, 0.1) is 11.9 Å². The fourth-order valence-corrected chi connectivity index (χ4v) is 2.12. The first-order valence-electron chi connectivity index (χ1n) is 5.77. The summed E-state index contributed by atoms with van der Waals surface area (Å²) in [6.45, 7) is 0. The Kier molecular flexibility index (Phi) is 1.88. The Morgan fingerprint density at radius 3 is 2.84 bits per heavy atom. The molecule has 0 fully saturated rings. The van der Waals surface area contributed by atoms with E-state index in [1.54, 1.807) is 9.47 Å². The molecule has 0 aliphatic carbocycles. The van der Waals surface area contributed by atoms with Crippen LogP contribution in [-0.2, 0) is 7.05 Å². The van der Waals surface area contributed by atoms with E-state index < -0.39 is 0 Å². The van der Waals surface area contributed by atoms with E-state index in [1.165, 1.54) is 0 Å². The molecule has 0 saturated carbocycles. The van der Waals surface area contributed by atoms with Crippen LogP contribution in [-0.4, -0.2) is 30.1 Å². The molecule has 1 aliphatic rings. The van der Waals surface area contributed by atoms with Crippen molar-refractivity contribution in [3.05, 3.63) is 36.5 Å². The second-order valence-corrected chi connectivity index (χ2v) is 4.20. The predicted octanol–water partition coefficient (Wildman–Crippen LogP) is 1.06. The maximum Gasteiger partial charge on any atom is 0.268 e. The van der Waals surface area contributed by atoms with Crippen molar-refractivity contribution in [2.24, 2.45) is 7.05 Å². The molecule has 4 rings (SSSR count). The van der Waals surface area contributed by atoms with Gasteiger partial charge in [0.2, 0.25) is 0 Å². The minimum absolute atomic E-state index is 0.560. The maximum absolute atomic E-state index is 4.45. The number of hydrogen-bond acceptors (Lipinski definition) is 6. The molecule has 0 saturated heterocycles. The highest BCUT2D eigenvalue weighted by Gasteiger charge is 2.28. The number of tetrazole rings is 1. The monoisotopic (exact) mass is 254 g/mol. The lowest BCUT2D eigenvalue weighted by Gasteiger charge is -2.26. The smallest absolute Gasteiger partial charge is 0.268 e. The van der Waals surface area contributed by atoms with E-state index in [9.17, 15) is 0 Å². The minimum Gasteiger partial charge on any atom is -0.317 e. The molecule has 3 heterocycles. The molecule has 3 aromatic rings. The van der Waals surface area contributed by atoms with Crippen molar-refractivity contribution >= 4 is 23.1 Å². The topological polar surface area (TPSA) is 76.7 Å². The van der Waals surface area contributed by atoms with Gasteiger partial charge in [-0.1, -0.05) is 23.3 Å². The molecule has 8 heteroatoms. The summed E-state index contributed by atoms with van der Waals surface area (Å²) in [7, 11) is 1.87. The first kappa shape index (κ1) is 10.1. The Morgan fingerprint density at radius 2 is 2.00 bits per heavy atom. The molecule has 2 aromatic heterocycles. The van der Waals surface area contributed by atoms with Crippen molar-refractivity contribution in [2.75, 3.05) is 10.3 Å². The summed E-state index contributed by atoms with van der Waals surface area (Å²) in [6, 6.07) is 9.85. The van der Waals surface area contributed by atoms with Crippen LogP contribution in [0.1, 0.15) is 0 Å². The molecule has 1 aromatic carbocycles. The highest BCUT2D eigenvalue weighted by atomic mass is 15.8. The van der Waals surface area contributed by atoms with Crippen molar-refractivity contribution in [1.82, 2.24) is 30.1 Å². The Hall–Kier alpha value is -2.90. The average Bonchev–Trinajstić information content (AvgIpc) is 3.01. The second-order valence-electron chi connectivity index (χ2n) is 4.20. The Balaban J connectivity index is 1.96. The normalized spacial score (nSPS) is 12.8. The molecule has 19 heavy (non-hydrogen) atoms. The van der Waals surface area contributed by atoms with Gasteiger partial charge in [0.25, 0.3) is 5.95 Å². The fraction of sp³-hybridized carbons (Fsp3) is 0.0909. The zero-order chi connectivity index (χ0) is 12.8. The number of nitrogens with one attached hydrogen (secondary N) is 1. The number of aromatic nitrogens is 6. The molecule has 0 radical (unpaired) electrons. The number of rotatable bonds is 1. The molecule has 94 valence electrons. The van der Waals surface area contributed by atoms with Gasteiger partial charge in [-0.2, -0.15) is 5.10 Å². The first-order chi connectivity index (χ1) is 9.33. The zero-order valence-corrected chi connectivity index (χ0v) is 10.1. The van der Waals surface area contributed by atoms with Crippen molar-refractivity contribution < 1.29 is 0 Å². The molecule has 1 N–H and O–H groups in total. The van der Waals surface area contributed by atoms with Crippen LogP contribution >= 0.6 is 0 Å². The number of aryl methyl sites for hydroxylation is 1. The third-order valence-electron chi connectivity index (χ3n) is 2.90. The molecular formula is C11H10N8. The molecule has 0 spiro atoms. The fourth-order valence-electron chi connectivity index (χ4n) is 2.12. The van der Waals surface area contributed by atoms with E-state index in [-0.39, 0.29) is 0 Å². The van der Waals surface area contributed by atoms with Crippen molar-refractivity contribution in [3.63, 3.8) is 0 Å². The molecular weight excluding hydrogens is 244 g/mol. The lowest BCUT2D eigenvalue weighted by Crippen LogP contribution is -2.31. The summed E-state index contributed by atoms with van der Waals surface area (Å²) in [6.07, 6.45) is 1.89. The standard InChI is InChI=1S/C11H10N8/c1-17-7-9-10(14-17)18(8-5-3-2-4-6-8)19-11(12-9)13-15-16-19/h2-7H,1H3,(H,12,13,16). The lowest BCUT2D eigenvalue weighted by atomic mass is 10.3. The predicted molar refractivity (Wildman–Crippen MR) is 68.3 cm³/mol. The molecule has 0 atom stereocenters. The van der Waals surface area contributed by atoms with Crippen LogP contribution in [0.2, 0.25) is 0 Å². The number of nitrogens with zero attached hydrogens (tertiary/aromatic N) is 7. The van der Waals surface area contributed by atoms with E-state index >= 15 is 0 Å². The maximum atomic E-state index is 4.45. The summed E-state index contributed by atoms with van der Waals surface area (Å²) in [5.41, 5.74) is 1.81. The van der Waals surface area contributed by atoms with E-state index in [0.29, 0.717) is 5.95 Å².